The number of carbonyl (C=O) groups excluding carboxylic acids is 1. The number of morpholine rings is 1. The minimum atomic E-state index is 0.133. The second-order valence-electron chi connectivity index (χ2n) is 6.38. The maximum Gasteiger partial charge on any atom is 0.255 e. The highest BCUT2D eigenvalue weighted by atomic mass is 32.2. The molecule has 1 aromatic rings. The summed E-state index contributed by atoms with van der Waals surface area (Å²) in [5, 5.41) is 0.984. The standard InChI is InChI=1S/C18H27N3O2S/c1-2-24-17-7-6-15(13-19-17)18(22)21-8-4-3-5-16(21)14-20-9-11-23-12-10-20/h6-7,13,16H,2-5,8-12,14H2,1H3. The van der Waals surface area contributed by atoms with Crippen LogP contribution in [0.2, 0.25) is 0 Å². The Labute approximate surface area is 148 Å². The van der Waals surface area contributed by atoms with Crippen molar-refractivity contribution in [3.8, 4) is 0 Å². The molecule has 1 aromatic heterocycles. The van der Waals surface area contributed by atoms with Gasteiger partial charge in [-0.05, 0) is 37.1 Å². The molecule has 2 saturated heterocycles. The zero-order chi connectivity index (χ0) is 16.8. The fourth-order valence-corrected chi connectivity index (χ4v) is 4.03. The van der Waals surface area contributed by atoms with Crippen LogP contribution in [0.5, 0.6) is 0 Å². The van der Waals surface area contributed by atoms with E-state index in [1.54, 1.807) is 18.0 Å². The molecule has 2 aliphatic rings. The van der Waals surface area contributed by atoms with Gasteiger partial charge in [-0.3, -0.25) is 9.69 Å². The number of pyridine rings is 1. The topological polar surface area (TPSA) is 45.7 Å². The molecule has 0 N–H and O–H groups in total. The lowest BCUT2D eigenvalue weighted by Gasteiger charge is -2.39. The van der Waals surface area contributed by atoms with Crippen molar-refractivity contribution in [1.82, 2.24) is 14.8 Å². The van der Waals surface area contributed by atoms with Gasteiger partial charge in [0.15, 0.2) is 0 Å². The Morgan fingerprint density at radius 1 is 1.29 bits per heavy atom. The van der Waals surface area contributed by atoms with Crippen LogP contribution < -0.4 is 0 Å². The minimum Gasteiger partial charge on any atom is -0.379 e. The van der Waals surface area contributed by atoms with E-state index in [4.69, 9.17) is 4.74 Å². The first-order valence-electron chi connectivity index (χ1n) is 8.98. The molecule has 6 heteroatoms. The lowest BCUT2D eigenvalue weighted by atomic mass is 10.0. The molecule has 0 aromatic carbocycles. The molecule has 2 fully saturated rings. The summed E-state index contributed by atoms with van der Waals surface area (Å²) >= 11 is 1.70. The zero-order valence-electron chi connectivity index (χ0n) is 14.4. The average molecular weight is 350 g/mol. The van der Waals surface area contributed by atoms with Gasteiger partial charge in [-0.1, -0.05) is 6.92 Å². The normalized spacial score (nSPS) is 22.5. The molecule has 1 amide bonds. The van der Waals surface area contributed by atoms with Crippen LogP contribution in [0, 0.1) is 0 Å². The highest BCUT2D eigenvalue weighted by Crippen LogP contribution is 2.22. The third-order valence-electron chi connectivity index (χ3n) is 4.74. The molecule has 0 spiro atoms. The number of piperidine rings is 1. The molecule has 0 saturated carbocycles. The molecule has 0 aliphatic carbocycles. The number of hydrogen-bond acceptors (Lipinski definition) is 5. The third kappa shape index (κ3) is 4.49. The Bertz CT molecular complexity index is 532. The van der Waals surface area contributed by atoms with Gasteiger partial charge < -0.3 is 9.64 Å². The number of hydrogen-bond donors (Lipinski definition) is 0. The van der Waals surface area contributed by atoms with Crippen molar-refractivity contribution in [2.45, 2.75) is 37.3 Å². The van der Waals surface area contributed by atoms with Gasteiger partial charge in [0, 0.05) is 38.4 Å². The van der Waals surface area contributed by atoms with E-state index < -0.39 is 0 Å². The van der Waals surface area contributed by atoms with Gasteiger partial charge in [0.2, 0.25) is 0 Å². The van der Waals surface area contributed by atoms with Crippen LogP contribution in [-0.4, -0.2) is 71.9 Å². The summed E-state index contributed by atoms with van der Waals surface area (Å²) < 4.78 is 5.43. The molecule has 5 nitrogen and oxygen atoms in total. The van der Waals surface area contributed by atoms with Crippen molar-refractivity contribution in [2.24, 2.45) is 0 Å². The summed E-state index contributed by atoms with van der Waals surface area (Å²) in [6, 6.07) is 4.20. The molecule has 24 heavy (non-hydrogen) atoms. The number of nitrogens with zero attached hydrogens (tertiary/aromatic N) is 3. The Hall–Kier alpha value is -1.11. The van der Waals surface area contributed by atoms with Crippen molar-refractivity contribution in [3.63, 3.8) is 0 Å². The average Bonchev–Trinajstić information content (AvgIpc) is 2.63. The smallest absolute Gasteiger partial charge is 0.255 e. The van der Waals surface area contributed by atoms with Crippen molar-refractivity contribution >= 4 is 17.7 Å². The largest absolute Gasteiger partial charge is 0.379 e. The Balaban J connectivity index is 1.65. The summed E-state index contributed by atoms with van der Waals surface area (Å²) in [6.45, 7) is 7.50. The van der Waals surface area contributed by atoms with E-state index >= 15 is 0 Å². The summed E-state index contributed by atoms with van der Waals surface area (Å²) in [6.07, 6.45) is 5.15. The van der Waals surface area contributed by atoms with Crippen molar-refractivity contribution in [3.05, 3.63) is 23.9 Å². The third-order valence-corrected chi connectivity index (χ3v) is 5.56. The molecular formula is C18H27N3O2S. The summed E-state index contributed by atoms with van der Waals surface area (Å²) in [5.74, 6) is 1.13. The molecule has 0 bridgehead atoms. The Morgan fingerprint density at radius 2 is 2.12 bits per heavy atom. The van der Waals surface area contributed by atoms with Crippen molar-refractivity contribution < 1.29 is 9.53 Å². The van der Waals surface area contributed by atoms with E-state index in [0.29, 0.717) is 11.6 Å². The number of carbonyl (C=O) groups is 1. The van der Waals surface area contributed by atoms with Crippen molar-refractivity contribution in [2.75, 3.05) is 45.1 Å². The van der Waals surface area contributed by atoms with Gasteiger partial charge in [-0.25, -0.2) is 4.98 Å². The van der Waals surface area contributed by atoms with Gasteiger partial charge in [-0.2, -0.15) is 0 Å². The maximum absolute atomic E-state index is 13.0. The lowest BCUT2D eigenvalue weighted by molar-refractivity contribution is 0.0166. The lowest BCUT2D eigenvalue weighted by Crippen LogP contribution is -2.51. The van der Waals surface area contributed by atoms with Crippen molar-refractivity contribution in [1.29, 1.82) is 0 Å². The van der Waals surface area contributed by atoms with E-state index in [1.165, 1.54) is 6.42 Å². The van der Waals surface area contributed by atoms with Crippen LogP contribution in [0.3, 0.4) is 0 Å². The molecule has 132 valence electrons. The van der Waals surface area contributed by atoms with Gasteiger partial charge in [0.1, 0.15) is 0 Å². The molecule has 3 rings (SSSR count). The van der Waals surface area contributed by atoms with Crippen LogP contribution in [0.4, 0.5) is 0 Å². The van der Waals surface area contributed by atoms with Gasteiger partial charge >= 0.3 is 0 Å². The first-order chi connectivity index (χ1) is 11.8. The van der Waals surface area contributed by atoms with Crippen LogP contribution in [0.1, 0.15) is 36.5 Å². The number of ether oxygens (including phenoxy) is 1. The van der Waals surface area contributed by atoms with E-state index in [2.05, 4.69) is 21.7 Å². The number of thioether (sulfide) groups is 1. The number of likely N-dealkylation sites (tertiary alicyclic amines) is 1. The predicted octanol–water partition coefficient (Wildman–Crippen LogP) is 2.52. The molecule has 1 atom stereocenters. The summed E-state index contributed by atoms with van der Waals surface area (Å²) in [7, 11) is 0. The Morgan fingerprint density at radius 3 is 2.83 bits per heavy atom. The monoisotopic (exact) mass is 349 g/mol. The fourth-order valence-electron chi connectivity index (χ4n) is 3.45. The van der Waals surface area contributed by atoms with Gasteiger partial charge in [0.05, 0.1) is 23.8 Å². The van der Waals surface area contributed by atoms with E-state index in [-0.39, 0.29) is 5.91 Å². The first kappa shape index (κ1) is 17.7. The van der Waals surface area contributed by atoms with Crippen LogP contribution in [0.15, 0.2) is 23.4 Å². The summed E-state index contributed by atoms with van der Waals surface area (Å²) in [4.78, 5) is 21.9. The maximum atomic E-state index is 13.0. The SMILES string of the molecule is CCSc1ccc(C(=O)N2CCCCC2CN2CCOCC2)cn1. The predicted molar refractivity (Wildman–Crippen MR) is 96.6 cm³/mol. The van der Waals surface area contributed by atoms with Crippen LogP contribution in [0.25, 0.3) is 0 Å². The molecule has 1 unspecified atom stereocenters. The molecule has 3 heterocycles. The number of amides is 1. The second-order valence-corrected chi connectivity index (χ2v) is 7.66. The number of rotatable bonds is 5. The van der Waals surface area contributed by atoms with Crippen LogP contribution in [-0.2, 0) is 4.74 Å². The second kappa shape index (κ2) is 8.83. The highest BCUT2D eigenvalue weighted by molar-refractivity contribution is 7.99. The first-order valence-corrected chi connectivity index (χ1v) is 9.96. The fraction of sp³-hybridized carbons (Fsp3) is 0.667. The number of aromatic nitrogens is 1. The van der Waals surface area contributed by atoms with E-state index in [0.717, 1.165) is 63.0 Å². The van der Waals surface area contributed by atoms with Gasteiger partial charge in [-0.15, -0.1) is 11.8 Å². The van der Waals surface area contributed by atoms with E-state index in [1.807, 2.05) is 12.1 Å². The summed E-state index contributed by atoms with van der Waals surface area (Å²) in [5.41, 5.74) is 0.712. The van der Waals surface area contributed by atoms with E-state index in [9.17, 15) is 4.79 Å². The molecule has 2 aliphatic heterocycles. The quantitative estimate of drug-likeness (QED) is 0.765. The minimum absolute atomic E-state index is 0.133. The van der Waals surface area contributed by atoms with Gasteiger partial charge in [0.25, 0.3) is 5.91 Å². The highest BCUT2D eigenvalue weighted by Gasteiger charge is 2.29. The Kier molecular flexibility index (Phi) is 6.51. The zero-order valence-corrected chi connectivity index (χ0v) is 15.3. The molecule has 0 radical (unpaired) electrons. The van der Waals surface area contributed by atoms with Crippen LogP contribution >= 0.6 is 11.8 Å². The molecular weight excluding hydrogens is 322 g/mol.